The van der Waals surface area contributed by atoms with Crippen molar-refractivity contribution < 1.29 is 27.7 Å². The fourth-order valence-electron chi connectivity index (χ4n) is 1.75. The van der Waals surface area contributed by atoms with E-state index in [1.807, 2.05) is 30.3 Å². The molecule has 6 heteroatoms. The van der Waals surface area contributed by atoms with Gasteiger partial charge in [0.25, 0.3) is 0 Å². The summed E-state index contributed by atoms with van der Waals surface area (Å²) in [5.41, 5.74) is -0.115. The van der Waals surface area contributed by atoms with Crippen molar-refractivity contribution in [1.29, 1.82) is 0 Å². The lowest BCUT2D eigenvalue weighted by atomic mass is 10.2. The van der Waals surface area contributed by atoms with Crippen molar-refractivity contribution in [3.8, 4) is 5.75 Å². The third-order valence-corrected chi connectivity index (χ3v) is 2.81. The van der Waals surface area contributed by atoms with Crippen LogP contribution < -0.4 is 4.89 Å². The first-order valence-corrected chi connectivity index (χ1v) is 6.72. The highest BCUT2D eigenvalue weighted by molar-refractivity contribution is 5.72. The van der Waals surface area contributed by atoms with Gasteiger partial charge >= 0.3 is 12.1 Å². The molecule has 0 saturated heterocycles. The average Bonchev–Trinajstić information content (AvgIpc) is 2.53. The van der Waals surface area contributed by atoms with E-state index in [1.54, 1.807) is 6.08 Å². The molecule has 0 heterocycles. The fourth-order valence-corrected chi connectivity index (χ4v) is 1.75. The van der Waals surface area contributed by atoms with Gasteiger partial charge in [-0.3, -0.25) is 9.78 Å². The summed E-state index contributed by atoms with van der Waals surface area (Å²) < 4.78 is 38.2. The Morgan fingerprint density at radius 2 is 1.65 bits per heavy atom. The highest BCUT2D eigenvalue weighted by Crippen LogP contribution is 2.35. The van der Waals surface area contributed by atoms with Gasteiger partial charge in [-0.1, -0.05) is 54.6 Å². The molecule has 0 aromatic heterocycles. The quantitative estimate of drug-likeness (QED) is 0.594. The fraction of sp³-hybridized carbons (Fsp3) is 0.118. The lowest BCUT2D eigenvalue weighted by Crippen LogP contribution is -2.11. The summed E-state index contributed by atoms with van der Waals surface area (Å²) in [6.45, 7) is 0. The number of carbonyl (C=O) groups is 1. The highest BCUT2D eigenvalue weighted by Gasteiger charge is 2.34. The van der Waals surface area contributed by atoms with Gasteiger partial charge in [-0.2, -0.15) is 13.2 Å². The summed E-state index contributed by atoms with van der Waals surface area (Å²) in [7, 11) is 0. The molecule has 23 heavy (non-hydrogen) atoms. The van der Waals surface area contributed by atoms with Crippen molar-refractivity contribution in [2.45, 2.75) is 12.6 Å². The summed E-state index contributed by atoms with van der Waals surface area (Å²) in [5, 5.41) is 0. The molecule has 0 spiro atoms. The van der Waals surface area contributed by atoms with Crippen LogP contribution in [0.25, 0.3) is 6.08 Å². The van der Waals surface area contributed by atoms with E-state index in [9.17, 15) is 18.0 Å². The first kappa shape index (κ1) is 16.6. The van der Waals surface area contributed by atoms with Crippen LogP contribution >= 0.6 is 0 Å². The molecule has 0 fully saturated rings. The van der Waals surface area contributed by atoms with Gasteiger partial charge in [-0.05, 0) is 17.7 Å². The van der Waals surface area contributed by atoms with Gasteiger partial charge in [0.05, 0.1) is 6.42 Å². The van der Waals surface area contributed by atoms with E-state index in [4.69, 9.17) is 0 Å². The number of hydrogen-bond acceptors (Lipinski definition) is 3. The van der Waals surface area contributed by atoms with Gasteiger partial charge in [0, 0.05) is 0 Å². The zero-order chi connectivity index (χ0) is 16.7. The Labute approximate surface area is 130 Å². The lowest BCUT2D eigenvalue weighted by molar-refractivity contribution is -0.216. The summed E-state index contributed by atoms with van der Waals surface area (Å²) in [6.07, 6.45) is -1.47. The predicted molar refractivity (Wildman–Crippen MR) is 78.3 cm³/mol. The molecule has 0 N–H and O–H groups in total. The van der Waals surface area contributed by atoms with Gasteiger partial charge in [0.1, 0.15) is 5.56 Å². The standard InChI is InChI=1S/C17H13F3O3/c18-17(19,20)14-10-4-5-11-15(14)22-23-16(21)12-6-9-13-7-2-1-3-8-13/h1-11H,12H2. The molecular weight excluding hydrogens is 309 g/mol. The molecule has 120 valence electrons. The number of carbonyl (C=O) groups excluding carboxylic acids is 1. The topological polar surface area (TPSA) is 35.5 Å². The Kier molecular flexibility index (Phi) is 5.41. The molecule has 0 amide bonds. The van der Waals surface area contributed by atoms with E-state index in [0.717, 1.165) is 17.7 Å². The number of halogens is 3. The first-order chi connectivity index (χ1) is 11.0. The van der Waals surface area contributed by atoms with Gasteiger partial charge in [0.15, 0.2) is 5.75 Å². The Morgan fingerprint density at radius 3 is 2.35 bits per heavy atom. The molecule has 0 radical (unpaired) electrons. The van der Waals surface area contributed by atoms with Crippen LogP contribution in [0.5, 0.6) is 5.75 Å². The Bertz CT molecular complexity index is 679. The zero-order valence-electron chi connectivity index (χ0n) is 11.9. The number of hydrogen-bond donors (Lipinski definition) is 0. The van der Waals surface area contributed by atoms with Crippen molar-refractivity contribution >= 4 is 12.0 Å². The van der Waals surface area contributed by atoms with E-state index in [-0.39, 0.29) is 6.42 Å². The van der Waals surface area contributed by atoms with E-state index in [0.29, 0.717) is 0 Å². The lowest BCUT2D eigenvalue weighted by Gasteiger charge is -2.11. The molecule has 0 aliphatic rings. The summed E-state index contributed by atoms with van der Waals surface area (Å²) in [6, 6.07) is 13.7. The summed E-state index contributed by atoms with van der Waals surface area (Å²) >= 11 is 0. The normalized spacial score (nSPS) is 11.4. The van der Waals surface area contributed by atoms with Crippen molar-refractivity contribution in [2.24, 2.45) is 0 Å². The largest absolute Gasteiger partial charge is 0.420 e. The molecule has 0 unspecified atom stereocenters. The van der Waals surface area contributed by atoms with Gasteiger partial charge in [-0.25, -0.2) is 4.79 Å². The van der Waals surface area contributed by atoms with Crippen molar-refractivity contribution in [1.82, 2.24) is 0 Å². The maximum atomic E-state index is 12.7. The minimum absolute atomic E-state index is 0.122. The zero-order valence-corrected chi connectivity index (χ0v) is 11.9. The van der Waals surface area contributed by atoms with Crippen LogP contribution in [0, 0.1) is 0 Å². The van der Waals surface area contributed by atoms with Crippen molar-refractivity contribution in [2.75, 3.05) is 0 Å². The number of rotatable bonds is 5. The van der Waals surface area contributed by atoms with Crippen LogP contribution in [0.4, 0.5) is 13.2 Å². The van der Waals surface area contributed by atoms with Crippen LogP contribution in [0.1, 0.15) is 17.5 Å². The predicted octanol–water partition coefficient (Wildman–Crippen LogP) is 4.65. The van der Waals surface area contributed by atoms with Gasteiger partial charge in [-0.15, -0.1) is 0 Å². The minimum Gasteiger partial charge on any atom is -0.286 e. The second-order valence-corrected chi connectivity index (χ2v) is 4.55. The molecule has 3 nitrogen and oxygen atoms in total. The molecule has 0 atom stereocenters. The molecule has 2 rings (SSSR count). The second-order valence-electron chi connectivity index (χ2n) is 4.55. The van der Waals surface area contributed by atoms with Crippen LogP contribution in [0.15, 0.2) is 60.7 Å². The van der Waals surface area contributed by atoms with E-state index in [2.05, 4.69) is 9.78 Å². The molecule has 0 aliphatic carbocycles. The van der Waals surface area contributed by atoms with Crippen LogP contribution in [0.3, 0.4) is 0 Å². The van der Waals surface area contributed by atoms with E-state index < -0.39 is 23.5 Å². The van der Waals surface area contributed by atoms with Crippen LogP contribution in [-0.4, -0.2) is 5.97 Å². The van der Waals surface area contributed by atoms with Gasteiger partial charge < -0.3 is 0 Å². The van der Waals surface area contributed by atoms with E-state index >= 15 is 0 Å². The molecular formula is C17H13F3O3. The van der Waals surface area contributed by atoms with Crippen LogP contribution in [0.2, 0.25) is 0 Å². The monoisotopic (exact) mass is 322 g/mol. The molecule has 2 aromatic rings. The number of alkyl halides is 3. The highest BCUT2D eigenvalue weighted by atomic mass is 19.4. The average molecular weight is 322 g/mol. The smallest absolute Gasteiger partial charge is 0.286 e. The number of benzene rings is 2. The van der Waals surface area contributed by atoms with Gasteiger partial charge in [0.2, 0.25) is 0 Å². The van der Waals surface area contributed by atoms with E-state index in [1.165, 1.54) is 18.2 Å². The van der Waals surface area contributed by atoms with Crippen molar-refractivity contribution in [3.05, 3.63) is 71.8 Å². The maximum Gasteiger partial charge on any atom is 0.420 e. The number of para-hydroxylation sites is 1. The van der Waals surface area contributed by atoms with Crippen LogP contribution in [-0.2, 0) is 15.9 Å². The molecule has 0 saturated carbocycles. The summed E-state index contributed by atoms with van der Waals surface area (Å²) in [5.74, 6) is -1.35. The Hall–Kier alpha value is -2.76. The maximum absolute atomic E-state index is 12.7. The summed E-state index contributed by atoms with van der Waals surface area (Å²) in [4.78, 5) is 20.4. The minimum atomic E-state index is -4.59. The first-order valence-electron chi connectivity index (χ1n) is 6.72. The molecule has 0 bridgehead atoms. The third-order valence-electron chi connectivity index (χ3n) is 2.81. The molecule has 0 aliphatic heterocycles. The Balaban J connectivity index is 1.89. The Morgan fingerprint density at radius 1 is 1.00 bits per heavy atom. The third kappa shape index (κ3) is 5.18. The second kappa shape index (κ2) is 7.49. The van der Waals surface area contributed by atoms with Crippen molar-refractivity contribution in [3.63, 3.8) is 0 Å². The molecule has 2 aromatic carbocycles. The SMILES string of the molecule is O=C(CC=Cc1ccccc1)OOc1ccccc1C(F)(F)F.